The van der Waals surface area contributed by atoms with Crippen molar-refractivity contribution in [2.75, 3.05) is 19.6 Å². The van der Waals surface area contributed by atoms with Crippen LogP contribution in [0, 0.1) is 12.7 Å². The maximum atomic E-state index is 13.2. The van der Waals surface area contributed by atoms with E-state index in [4.69, 9.17) is 0 Å². The van der Waals surface area contributed by atoms with Gasteiger partial charge in [0, 0.05) is 12.6 Å². The summed E-state index contributed by atoms with van der Waals surface area (Å²) in [6.07, 6.45) is 3.62. The third kappa shape index (κ3) is 4.02. The van der Waals surface area contributed by atoms with Crippen LogP contribution in [0.1, 0.15) is 37.3 Å². The van der Waals surface area contributed by atoms with Crippen LogP contribution in [-0.4, -0.2) is 30.6 Å². The van der Waals surface area contributed by atoms with Crippen molar-refractivity contribution >= 4 is 0 Å². The SMILES string of the molecule is CCCN(Cc1ccc(F)cc1C)C1CCNCC1. The first-order chi connectivity index (χ1) is 9.20. The van der Waals surface area contributed by atoms with E-state index in [2.05, 4.69) is 17.1 Å². The number of hydrogen-bond donors (Lipinski definition) is 1. The lowest BCUT2D eigenvalue weighted by Crippen LogP contribution is -2.43. The summed E-state index contributed by atoms with van der Waals surface area (Å²) in [5.41, 5.74) is 2.32. The fraction of sp³-hybridized carbons (Fsp3) is 0.625. The Morgan fingerprint density at radius 3 is 2.68 bits per heavy atom. The highest BCUT2D eigenvalue weighted by Gasteiger charge is 2.20. The van der Waals surface area contributed by atoms with E-state index in [1.54, 1.807) is 12.1 Å². The van der Waals surface area contributed by atoms with Crippen LogP contribution < -0.4 is 5.32 Å². The first-order valence-corrected chi connectivity index (χ1v) is 7.40. The molecule has 1 heterocycles. The highest BCUT2D eigenvalue weighted by atomic mass is 19.1. The van der Waals surface area contributed by atoms with Crippen molar-refractivity contribution < 1.29 is 4.39 Å². The van der Waals surface area contributed by atoms with Gasteiger partial charge in [-0.15, -0.1) is 0 Å². The Morgan fingerprint density at radius 2 is 2.05 bits per heavy atom. The molecular formula is C16H25FN2. The second-order valence-electron chi connectivity index (χ2n) is 5.52. The number of hydrogen-bond acceptors (Lipinski definition) is 2. The van der Waals surface area contributed by atoms with Crippen molar-refractivity contribution in [3.05, 3.63) is 35.1 Å². The molecule has 1 aliphatic rings. The molecule has 0 radical (unpaired) electrons. The minimum absolute atomic E-state index is 0.134. The quantitative estimate of drug-likeness (QED) is 0.879. The van der Waals surface area contributed by atoms with Crippen LogP contribution in [0.4, 0.5) is 4.39 Å². The smallest absolute Gasteiger partial charge is 0.123 e. The van der Waals surface area contributed by atoms with E-state index in [9.17, 15) is 4.39 Å². The number of aryl methyl sites for hydroxylation is 1. The first kappa shape index (κ1) is 14.5. The van der Waals surface area contributed by atoms with Gasteiger partial charge in [0.15, 0.2) is 0 Å². The summed E-state index contributed by atoms with van der Waals surface area (Å²) in [5, 5.41) is 3.42. The molecule has 0 amide bonds. The fourth-order valence-corrected chi connectivity index (χ4v) is 2.91. The van der Waals surface area contributed by atoms with Crippen LogP contribution >= 0.6 is 0 Å². The summed E-state index contributed by atoms with van der Waals surface area (Å²) in [5.74, 6) is -0.134. The second kappa shape index (κ2) is 7.01. The molecule has 2 rings (SSSR count). The van der Waals surface area contributed by atoms with Crippen LogP contribution in [-0.2, 0) is 6.54 Å². The number of halogens is 1. The third-order valence-corrected chi connectivity index (χ3v) is 4.01. The Bertz CT molecular complexity index is 400. The minimum Gasteiger partial charge on any atom is -0.317 e. The van der Waals surface area contributed by atoms with Crippen molar-refractivity contribution in [1.82, 2.24) is 10.2 Å². The molecule has 1 aromatic carbocycles. The van der Waals surface area contributed by atoms with Crippen LogP contribution in [0.2, 0.25) is 0 Å². The molecule has 106 valence electrons. The van der Waals surface area contributed by atoms with Crippen molar-refractivity contribution in [2.24, 2.45) is 0 Å². The summed E-state index contributed by atoms with van der Waals surface area (Å²) in [7, 11) is 0. The third-order valence-electron chi connectivity index (χ3n) is 4.01. The van der Waals surface area contributed by atoms with Crippen molar-refractivity contribution in [3.8, 4) is 0 Å². The van der Waals surface area contributed by atoms with Gasteiger partial charge in [-0.2, -0.15) is 0 Å². The van der Waals surface area contributed by atoms with Gasteiger partial charge < -0.3 is 5.32 Å². The molecule has 1 N–H and O–H groups in total. The topological polar surface area (TPSA) is 15.3 Å². The largest absolute Gasteiger partial charge is 0.317 e. The van der Waals surface area contributed by atoms with Gasteiger partial charge in [0.05, 0.1) is 0 Å². The normalized spacial score (nSPS) is 17.1. The van der Waals surface area contributed by atoms with Crippen molar-refractivity contribution in [1.29, 1.82) is 0 Å². The molecule has 1 saturated heterocycles. The molecule has 0 aliphatic carbocycles. The molecule has 1 aromatic rings. The number of nitrogens with zero attached hydrogens (tertiary/aromatic N) is 1. The molecule has 0 aromatic heterocycles. The lowest BCUT2D eigenvalue weighted by atomic mass is 10.0. The van der Waals surface area contributed by atoms with Gasteiger partial charge in [0.1, 0.15) is 5.82 Å². The van der Waals surface area contributed by atoms with Gasteiger partial charge in [-0.1, -0.05) is 13.0 Å². The summed E-state index contributed by atoms with van der Waals surface area (Å²) in [6.45, 7) is 8.54. The Labute approximate surface area is 116 Å². The van der Waals surface area contributed by atoms with Crippen LogP contribution in [0.15, 0.2) is 18.2 Å². The maximum absolute atomic E-state index is 13.2. The molecule has 2 nitrogen and oxygen atoms in total. The maximum Gasteiger partial charge on any atom is 0.123 e. The molecule has 3 heteroatoms. The van der Waals surface area contributed by atoms with Crippen LogP contribution in [0.5, 0.6) is 0 Å². The van der Waals surface area contributed by atoms with E-state index >= 15 is 0 Å². The highest BCUT2D eigenvalue weighted by molar-refractivity contribution is 5.26. The summed E-state index contributed by atoms with van der Waals surface area (Å²) in [6, 6.07) is 5.83. The van der Waals surface area contributed by atoms with Crippen molar-refractivity contribution in [3.63, 3.8) is 0 Å². The zero-order valence-electron chi connectivity index (χ0n) is 12.1. The summed E-state index contributed by atoms with van der Waals surface area (Å²) in [4.78, 5) is 2.57. The van der Waals surface area contributed by atoms with Gasteiger partial charge in [0.2, 0.25) is 0 Å². The molecule has 0 spiro atoms. The standard InChI is InChI=1S/C16H25FN2/c1-3-10-19(16-6-8-18-9-7-16)12-14-4-5-15(17)11-13(14)2/h4-5,11,16,18H,3,6-10,12H2,1-2H3. The predicted molar refractivity (Wildman–Crippen MR) is 77.7 cm³/mol. The Hall–Kier alpha value is -0.930. The molecule has 0 atom stereocenters. The van der Waals surface area contributed by atoms with E-state index in [0.717, 1.165) is 31.7 Å². The number of rotatable bonds is 5. The molecule has 1 fully saturated rings. The van der Waals surface area contributed by atoms with E-state index in [1.807, 2.05) is 13.0 Å². The lowest BCUT2D eigenvalue weighted by Gasteiger charge is -2.35. The van der Waals surface area contributed by atoms with Gasteiger partial charge in [0.25, 0.3) is 0 Å². The fourth-order valence-electron chi connectivity index (χ4n) is 2.91. The summed E-state index contributed by atoms with van der Waals surface area (Å²) < 4.78 is 13.2. The number of piperidine rings is 1. The van der Waals surface area contributed by atoms with E-state index in [1.165, 1.54) is 24.8 Å². The highest BCUT2D eigenvalue weighted by Crippen LogP contribution is 2.18. The number of nitrogens with one attached hydrogen (secondary N) is 1. The molecule has 1 aliphatic heterocycles. The molecule has 0 bridgehead atoms. The van der Waals surface area contributed by atoms with Gasteiger partial charge in [-0.05, 0) is 69.1 Å². The van der Waals surface area contributed by atoms with Gasteiger partial charge >= 0.3 is 0 Å². The minimum atomic E-state index is -0.134. The zero-order valence-corrected chi connectivity index (χ0v) is 12.1. The first-order valence-electron chi connectivity index (χ1n) is 7.40. The molecular weight excluding hydrogens is 239 g/mol. The second-order valence-corrected chi connectivity index (χ2v) is 5.52. The molecule has 0 unspecified atom stereocenters. The average molecular weight is 264 g/mol. The van der Waals surface area contributed by atoms with Crippen LogP contribution in [0.3, 0.4) is 0 Å². The van der Waals surface area contributed by atoms with Gasteiger partial charge in [-0.25, -0.2) is 4.39 Å². The molecule has 0 saturated carbocycles. The molecule has 19 heavy (non-hydrogen) atoms. The lowest BCUT2D eigenvalue weighted by molar-refractivity contribution is 0.154. The van der Waals surface area contributed by atoms with E-state index < -0.39 is 0 Å². The monoisotopic (exact) mass is 264 g/mol. The Morgan fingerprint density at radius 1 is 1.32 bits per heavy atom. The Balaban J connectivity index is 2.06. The Kier molecular flexibility index (Phi) is 5.34. The van der Waals surface area contributed by atoms with E-state index in [-0.39, 0.29) is 5.82 Å². The predicted octanol–water partition coefficient (Wildman–Crippen LogP) is 3.10. The summed E-state index contributed by atoms with van der Waals surface area (Å²) >= 11 is 0. The zero-order chi connectivity index (χ0) is 13.7. The van der Waals surface area contributed by atoms with E-state index in [0.29, 0.717) is 6.04 Å². The average Bonchev–Trinajstić information content (AvgIpc) is 2.42. The number of benzene rings is 1. The van der Waals surface area contributed by atoms with Crippen molar-refractivity contribution in [2.45, 2.75) is 45.7 Å². The van der Waals surface area contributed by atoms with Gasteiger partial charge in [-0.3, -0.25) is 4.90 Å². The van der Waals surface area contributed by atoms with Crippen LogP contribution in [0.25, 0.3) is 0 Å².